The zero-order valence-electron chi connectivity index (χ0n) is 45.2. The number of unbranched alkanes of at least 4 members (excludes halogenated alkanes) is 39. The molecule has 0 aliphatic carbocycles. The van der Waals surface area contributed by atoms with Gasteiger partial charge in [-0.2, -0.15) is 0 Å². The van der Waals surface area contributed by atoms with E-state index in [2.05, 4.69) is 67.1 Å². The van der Waals surface area contributed by atoms with E-state index in [4.69, 9.17) is 14.2 Å². The highest BCUT2D eigenvalue weighted by Gasteiger charge is 2.24. The number of H-pyrrole nitrogens is 2. The van der Waals surface area contributed by atoms with Crippen molar-refractivity contribution < 1.29 is 14.2 Å². The lowest BCUT2D eigenvalue weighted by Gasteiger charge is -2.22. The molecule has 0 amide bonds. The highest BCUT2D eigenvalue weighted by atomic mass is 16.5. The summed E-state index contributed by atoms with van der Waals surface area (Å²) in [5, 5.41) is 0. The van der Waals surface area contributed by atoms with Crippen molar-refractivity contribution in [2.24, 2.45) is 0 Å². The molecule has 0 bridgehead atoms. The predicted octanol–water partition coefficient (Wildman–Crippen LogP) is 21.1. The quantitative estimate of drug-likeness (QED) is 0.0555. The van der Waals surface area contributed by atoms with Gasteiger partial charge in [-0.1, -0.05) is 271 Å². The summed E-state index contributed by atoms with van der Waals surface area (Å²) >= 11 is 0. The molecular weight excluding hydrogens is 833 g/mol. The molecule has 5 nitrogen and oxygen atoms in total. The second kappa shape index (κ2) is 44.1. The van der Waals surface area contributed by atoms with Gasteiger partial charge < -0.3 is 24.2 Å². The lowest BCUT2D eigenvalue weighted by Crippen LogP contribution is -2.10. The summed E-state index contributed by atoms with van der Waals surface area (Å²) in [7, 11) is 0. The van der Waals surface area contributed by atoms with Gasteiger partial charge in [0.25, 0.3) is 0 Å². The zero-order valence-corrected chi connectivity index (χ0v) is 45.2. The van der Waals surface area contributed by atoms with Gasteiger partial charge >= 0.3 is 0 Å². The van der Waals surface area contributed by atoms with Crippen molar-refractivity contribution in [1.29, 1.82) is 0 Å². The summed E-state index contributed by atoms with van der Waals surface area (Å²) in [6, 6.07) is 13.1. The van der Waals surface area contributed by atoms with E-state index in [1.165, 1.54) is 250 Å². The lowest BCUT2D eigenvalue weighted by molar-refractivity contribution is 0.233. The number of rotatable bonds is 51. The van der Waals surface area contributed by atoms with E-state index in [1.54, 1.807) is 0 Å². The Hall–Kier alpha value is -2.82. The lowest BCUT2D eigenvalue weighted by atomic mass is 9.92. The third-order valence-corrected chi connectivity index (χ3v) is 14.5. The molecule has 0 fully saturated rings. The average Bonchev–Trinajstić information content (AvgIpc) is 4.10. The van der Waals surface area contributed by atoms with Crippen molar-refractivity contribution in [2.75, 3.05) is 19.8 Å². The van der Waals surface area contributed by atoms with Crippen LogP contribution in [0.4, 0.5) is 0 Å². The van der Waals surface area contributed by atoms with Gasteiger partial charge in [0.1, 0.15) is 0 Å². The fourth-order valence-electron chi connectivity index (χ4n) is 10.1. The molecule has 0 radical (unpaired) electrons. The van der Waals surface area contributed by atoms with E-state index in [9.17, 15) is 0 Å². The number of aromatic amines is 2. The summed E-state index contributed by atoms with van der Waals surface area (Å²) in [5.74, 6) is 2.48. The van der Waals surface area contributed by atoms with Crippen molar-refractivity contribution in [1.82, 2.24) is 9.97 Å². The van der Waals surface area contributed by atoms with Crippen LogP contribution in [0, 0.1) is 0 Å². The van der Waals surface area contributed by atoms with Crippen LogP contribution in [0.25, 0.3) is 0 Å². The molecular formula is C63H110N2O3. The Kier molecular flexibility index (Phi) is 38.6. The molecule has 0 spiro atoms. The SMILES string of the molecule is CCCCCCCCCCCCCCCCOc1cc(C(c2ccc[nH]2)c2ccc[nH]2)cc(OCCCCCCCCCCCCCCCC)c1OCCCCCCCCCCCCCCCC. The molecule has 5 heteroatoms. The van der Waals surface area contributed by atoms with Crippen molar-refractivity contribution >= 4 is 0 Å². The number of hydrogen-bond acceptors (Lipinski definition) is 3. The first-order valence-corrected chi connectivity index (χ1v) is 30.1. The number of aromatic nitrogens is 2. The minimum atomic E-state index is 0.00617. The van der Waals surface area contributed by atoms with E-state index >= 15 is 0 Å². The monoisotopic (exact) mass is 943 g/mol. The van der Waals surface area contributed by atoms with Gasteiger partial charge in [0, 0.05) is 23.8 Å². The topological polar surface area (TPSA) is 59.3 Å². The Balaban J connectivity index is 1.56. The van der Waals surface area contributed by atoms with Crippen LogP contribution in [-0.4, -0.2) is 29.8 Å². The summed E-state index contributed by atoms with van der Waals surface area (Å²) in [6.07, 6.45) is 60.9. The highest BCUT2D eigenvalue weighted by molar-refractivity contribution is 5.57. The van der Waals surface area contributed by atoms with Gasteiger partial charge in [0.05, 0.1) is 25.7 Å². The maximum Gasteiger partial charge on any atom is 0.203 e. The van der Waals surface area contributed by atoms with Crippen molar-refractivity contribution in [3.05, 3.63) is 65.7 Å². The summed E-state index contributed by atoms with van der Waals surface area (Å²) < 4.78 is 20.4. The van der Waals surface area contributed by atoms with Crippen LogP contribution in [0.2, 0.25) is 0 Å². The van der Waals surface area contributed by atoms with E-state index in [-0.39, 0.29) is 5.92 Å². The van der Waals surface area contributed by atoms with Gasteiger partial charge in [-0.3, -0.25) is 0 Å². The molecule has 3 rings (SSSR count). The Morgan fingerprint density at radius 1 is 0.324 bits per heavy atom. The molecule has 2 aromatic heterocycles. The van der Waals surface area contributed by atoms with Gasteiger partial charge in [0.2, 0.25) is 5.75 Å². The number of hydrogen-bond donors (Lipinski definition) is 2. The van der Waals surface area contributed by atoms with Crippen LogP contribution in [0.1, 0.15) is 313 Å². The molecule has 0 atom stereocenters. The minimum Gasteiger partial charge on any atom is -0.490 e. The molecule has 1 aromatic carbocycles. The number of nitrogens with one attached hydrogen (secondary N) is 2. The van der Waals surface area contributed by atoms with E-state index in [0.717, 1.165) is 53.5 Å². The van der Waals surface area contributed by atoms with E-state index in [1.807, 2.05) is 12.4 Å². The summed E-state index contributed by atoms with van der Waals surface area (Å²) in [6.45, 7) is 9.00. The molecule has 0 aliphatic rings. The van der Waals surface area contributed by atoms with Crippen LogP contribution in [-0.2, 0) is 0 Å². The average molecular weight is 944 g/mol. The molecule has 68 heavy (non-hydrogen) atoms. The Bertz CT molecular complexity index is 1380. The second-order valence-electron chi connectivity index (χ2n) is 20.9. The van der Waals surface area contributed by atoms with Crippen LogP contribution in [0.3, 0.4) is 0 Å². The highest BCUT2D eigenvalue weighted by Crippen LogP contribution is 2.44. The summed E-state index contributed by atoms with van der Waals surface area (Å²) in [4.78, 5) is 7.06. The van der Waals surface area contributed by atoms with Crippen molar-refractivity contribution in [3.8, 4) is 17.2 Å². The molecule has 2 heterocycles. The molecule has 2 N–H and O–H groups in total. The first-order chi connectivity index (χ1) is 33.8. The first-order valence-electron chi connectivity index (χ1n) is 30.1. The Morgan fingerprint density at radius 2 is 0.574 bits per heavy atom. The van der Waals surface area contributed by atoms with Crippen LogP contribution in [0.5, 0.6) is 17.2 Å². The number of benzene rings is 1. The van der Waals surface area contributed by atoms with Crippen molar-refractivity contribution in [2.45, 2.75) is 296 Å². The standard InChI is InChI=1S/C63H110N2O3/c1-4-7-10-13-16-19-22-25-28-31-34-37-40-43-52-66-60-55-57(62(58-48-46-50-64-58)59-49-47-51-65-59)56-61(67-53-44-41-38-35-32-29-26-23-20-17-14-11-8-5-2)63(60)68-54-45-42-39-36-33-30-27-24-21-18-15-12-9-6-3/h46-51,55-56,62,64-65H,4-45,52-54H2,1-3H3. The molecule has 0 saturated heterocycles. The fraction of sp³-hybridized carbons (Fsp3) is 0.778. The maximum atomic E-state index is 6.79. The van der Waals surface area contributed by atoms with Crippen LogP contribution < -0.4 is 14.2 Å². The van der Waals surface area contributed by atoms with Crippen LogP contribution >= 0.6 is 0 Å². The second-order valence-corrected chi connectivity index (χ2v) is 20.9. The van der Waals surface area contributed by atoms with Gasteiger partial charge in [-0.05, 0) is 61.2 Å². The fourth-order valence-corrected chi connectivity index (χ4v) is 10.1. The van der Waals surface area contributed by atoms with E-state index in [0.29, 0.717) is 19.8 Å². The van der Waals surface area contributed by atoms with Gasteiger partial charge in [0.15, 0.2) is 11.5 Å². The first kappa shape index (κ1) is 59.5. The van der Waals surface area contributed by atoms with Gasteiger partial charge in [-0.15, -0.1) is 0 Å². The molecule has 3 aromatic rings. The predicted molar refractivity (Wildman–Crippen MR) is 296 cm³/mol. The molecule has 0 aliphatic heterocycles. The normalized spacial score (nSPS) is 11.6. The Morgan fingerprint density at radius 3 is 0.824 bits per heavy atom. The molecule has 390 valence electrons. The molecule has 0 saturated carbocycles. The molecule has 0 unspecified atom stereocenters. The third-order valence-electron chi connectivity index (χ3n) is 14.5. The van der Waals surface area contributed by atoms with Crippen molar-refractivity contribution in [3.63, 3.8) is 0 Å². The smallest absolute Gasteiger partial charge is 0.203 e. The minimum absolute atomic E-state index is 0.00617. The van der Waals surface area contributed by atoms with E-state index < -0.39 is 0 Å². The Labute approximate surface area is 421 Å². The largest absolute Gasteiger partial charge is 0.490 e. The zero-order chi connectivity index (χ0) is 48.1. The maximum absolute atomic E-state index is 6.79. The third kappa shape index (κ3) is 30.0. The summed E-state index contributed by atoms with van der Waals surface area (Å²) in [5.41, 5.74) is 3.46. The van der Waals surface area contributed by atoms with Gasteiger partial charge in [-0.25, -0.2) is 0 Å². The number of ether oxygens (including phenoxy) is 3. The van der Waals surface area contributed by atoms with Crippen LogP contribution in [0.15, 0.2) is 48.8 Å².